The van der Waals surface area contributed by atoms with E-state index in [4.69, 9.17) is 9.15 Å². The van der Waals surface area contributed by atoms with Gasteiger partial charge in [0.05, 0.1) is 16.1 Å². The molecule has 5 rings (SSSR count). The van der Waals surface area contributed by atoms with Crippen LogP contribution in [0.25, 0.3) is 11.0 Å². The molecule has 0 amide bonds. The van der Waals surface area contributed by atoms with E-state index in [-0.39, 0.29) is 16.2 Å². The van der Waals surface area contributed by atoms with Crippen molar-refractivity contribution in [1.29, 1.82) is 0 Å². The number of ether oxygens (including phenoxy) is 1. The second kappa shape index (κ2) is 8.14. The number of hydrogen-bond donors (Lipinski definition) is 0. The van der Waals surface area contributed by atoms with E-state index < -0.39 is 21.6 Å². The molecule has 0 saturated carbocycles. The Hall–Kier alpha value is -3.91. The van der Waals surface area contributed by atoms with E-state index in [1.165, 1.54) is 34.6 Å². The summed E-state index contributed by atoms with van der Waals surface area (Å²) in [7, 11) is -3.85. The van der Waals surface area contributed by atoms with E-state index in [2.05, 4.69) is 0 Å². The summed E-state index contributed by atoms with van der Waals surface area (Å²) < 4.78 is 38.9. The number of rotatable bonds is 4. The lowest BCUT2D eigenvalue weighted by Crippen LogP contribution is -2.29. The largest absolute Gasteiger partial charge is 0.423 e. The smallest absolute Gasteiger partial charge is 0.343 e. The molecule has 0 saturated heterocycles. The fourth-order valence-electron chi connectivity index (χ4n) is 4.24. The molecule has 7 nitrogen and oxygen atoms in total. The molecule has 1 aliphatic rings. The molecule has 8 heteroatoms. The number of anilines is 1. The summed E-state index contributed by atoms with van der Waals surface area (Å²) in [5, 5.41) is 0.746. The quantitative estimate of drug-likeness (QED) is 0.247. The second-order valence-corrected chi connectivity index (χ2v) is 10.0. The Labute approximate surface area is 196 Å². The summed E-state index contributed by atoms with van der Waals surface area (Å²) in [4.78, 5) is 24.7. The molecular formula is C26H21NO6S. The number of aryl methyl sites for hydroxylation is 2. The highest BCUT2D eigenvalue weighted by Crippen LogP contribution is 2.33. The molecule has 0 N–H and O–H groups in total. The van der Waals surface area contributed by atoms with E-state index in [1.54, 1.807) is 38.1 Å². The number of hydrogen-bond acceptors (Lipinski definition) is 6. The lowest BCUT2D eigenvalue weighted by molar-refractivity contribution is 0.0733. The second-order valence-electron chi connectivity index (χ2n) is 8.19. The van der Waals surface area contributed by atoms with Gasteiger partial charge in [-0.15, -0.1) is 0 Å². The lowest BCUT2D eigenvalue weighted by Gasteiger charge is -2.20. The van der Waals surface area contributed by atoms with Crippen LogP contribution in [0.15, 0.2) is 80.8 Å². The minimum atomic E-state index is -3.85. The molecule has 0 aliphatic carbocycles. The topological polar surface area (TPSA) is 93.9 Å². The van der Waals surface area contributed by atoms with Crippen molar-refractivity contribution in [2.24, 2.45) is 0 Å². The third-order valence-electron chi connectivity index (χ3n) is 6.02. The molecular weight excluding hydrogens is 454 g/mol. The van der Waals surface area contributed by atoms with Crippen molar-refractivity contribution >= 4 is 32.6 Å². The molecule has 34 heavy (non-hydrogen) atoms. The van der Waals surface area contributed by atoms with Crippen molar-refractivity contribution < 1.29 is 22.4 Å². The van der Waals surface area contributed by atoms with Crippen LogP contribution in [0.2, 0.25) is 0 Å². The molecule has 1 aliphatic heterocycles. The molecule has 0 unspecified atom stereocenters. The Morgan fingerprint density at radius 3 is 2.62 bits per heavy atom. The van der Waals surface area contributed by atoms with Crippen LogP contribution in [0.1, 0.15) is 27.0 Å². The Bertz CT molecular complexity index is 1620. The molecule has 3 aromatic carbocycles. The summed E-state index contributed by atoms with van der Waals surface area (Å²) in [6, 6.07) is 17.9. The minimum absolute atomic E-state index is 0.00973. The van der Waals surface area contributed by atoms with Crippen molar-refractivity contribution in [3.63, 3.8) is 0 Å². The van der Waals surface area contributed by atoms with Crippen LogP contribution >= 0.6 is 0 Å². The van der Waals surface area contributed by atoms with Gasteiger partial charge in [0.25, 0.3) is 10.0 Å². The molecule has 0 radical (unpaired) electrons. The number of carbonyl (C=O) groups is 1. The SMILES string of the molecule is Cc1cc(=O)oc2c(C)c(OC(=O)c3cccc(S(=O)(=O)N4CCc5ccccc54)c3)ccc12. The first kappa shape index (κ1) is 21.9. The van der Waals surface area contributed by atoms with Gasteiger partial charge in [-0.05, 0) is 67.8 Å². The monoisotopic (exact) mass is 475 g/mol. The Kier molecular flexibility index (Phi) is 5.25. The zero-order valence-electron chi connectivity index (χ0n) is 18.6. The number of fused-ring (bicyclic) bond motifs is 2. The maximum absolute atomic E-state index is 13.3. The first-order chi connectivity index (χ1) is 16.3. The molecule has 0 spiro atoms. The van der Waals surface area contributed by atoms with Gasteiger partial charge in [-0.3, -0.25) is 4.31 Å². The zero-order valence-corrected chi connectivity index (χ0v) is 19.4. The number of carbonyl (C=O) groups excluding carboxylic acids is 1. The molecule has 172 valence electrons. The average Bonchev–Trinajstić information content (AvgIpc) is 3.26. The molecule has 2 heterocycles. The van der Waals surface area contributed by atoms with Gasteiger partial charge >= 0.3 is 11.6 Å². The molecule has 0 atom stereocenters. The lowest BCUT2D eigenvalue weighted by atomic mass is 10.1. The third-order valence-corrected chi connectivity index (χ3v) is 7.83. The normalized spacial score (nSPS) is 13.2. The molecule has 1 aromatic heterocycles. The van der Waals surface area contributed by atoms with Crippen molar-refractivity contribution in [1.82, 2.24) is 0 Å². The molecule has 0 bridgehead atoms. The summed E-state index contributed by atoms with van der Waals surface area (Å²) in [5.74, 6) is -0.482. The Morgan fingerprint density at radius 1 is 1.00 bits per heavy atom. The molecule has 4 aromatic rings. The minimum Gasteiger partial charge on any atom is -0.423 e. The van der Waals surface area contributed by atoms with Crippen molar-refractivity contribution in [2.45, 2.75) is 25.2 Å². The summed E-state index contributed by atoms with van der Waals surface area (Å²) in [5.41, 5.74) is 2.84. The van der Waals surface area contributed by atoms with Crippen LogP contribution in [0.4, 0.5) is 5.69 Å². The van der Waals surface area contributed by atoms with E-state index in [0.717, 1.165) is 16.5 Å². The van der Waals surface area contributed by atoms with Crippen LogP contribution in [-0.4, -0.2) is 20.9 Å². The highest BCUT2D eigenvalue weighted by Gasteiger charge is 2.31. The highest BCUT2D eigenvalue weighted by atomic mass is 32.2. The Morgan fingerprint density at radius 2 is 1.79 bits per heavy atom. The van der Waals surface area contributed by atoms with Gasteiger partial charge in [0.15, 0.2) is 0 Å². The van der Waals surface area contributed by atoms with Gasteiger partial charge < -0.3 is 9.15 Å². The Balaban J connectivity index is 1.46. The summed E-state index contributed by atoms with van der Waals surface area (Å²) in [6.07, 6.45) is 0.633. The van der Waals surface area contributed by atoms with Crippen molar-refractivity contribution in [2.75, 3.05) is 10.8 Å². The van der Waals surface area contributed by atoms with Gasteiger partial charge in [0.2, 0.25) is 0 Å². The van der Waals surface area contributed by atoms with Crippen LogP contribution < -0.4 is 14.7 Å². The predicted octanol–water partition coefficient (Wildman–Crippen LogP) is 4.38. The summed E-state index contributed by atoms with van der Waals surface area (Å²) >= 11 is 0. The van der Waals surface area contributed by atoms with E-state index in [1.807, 2.05) is 12.1 Å². The summed E-state index contributed by atoms with van der Waals surface area (Å²) in [6.45, 7) is 3.84. The standard InChI is InChI=1S/C26H21NO6S/c1-16-14-24(28)33-25-17(2)23(11-10-21(16)25)32-26(29)19-7-5-8-20(15-19)34(30,31)27-13-12-18-6-3-4-9-22(18)27/h3-11,14-15H,12-13H2,1-2H3. The predicted molar refractivity (Wildman–Crippen MR) is 128 cm³/mol. The number of esters is 1. The van der Waals surface area contributed by atoms with Crippen molar-refractivity contribution in [3.8, 4) is 5.75 Å². The first-order valence-corrected chi connectivity index (χ1v) is 12.2. The van der Waals surface area contributed by atoms with E-state index >= 15 is 0 Å². The van der Waals surface area contributed by atoms with Crippen LogP contribution in [0.3, 0.4) is 0 Å². The fraction of sp³-hybridized carbons (Fsp3) is 0.154. The maximum Gasteiger partial charge on any atom is 0.343 e. The maximum atomic E-state index is 13.3. The van der Waals surface area contributed by atoms with Crippen molar-refractivity contribution in [3.05, 3.63) is 99.4 Å². The number of benzene rings is 3. The van der Waals surface area contributed by atoms with Crippen LogP contribution in [0, 0.1) is 13.8 Å². The number of nitrogens with zero attached hydrogens (tertiary/aromatic N) is 1. The third kappa shape index (κ3) is 3.66. The fourth-order valence-corrected chi connectivity index (χ4v) is 5.79. The van der Waals surface area contributed by atoms with Gasteiger partial charge in [0.1, 0.15) is 11.3 Å². The average molecular weight is 476 g/mol. The van der Waals surface area contributed by atoms with Gasteiger partial charge in [-0.25, -0.2) is 18.0 Å². The van der Waals surface area contributed by atoms with E-state index in [0.29, 0.717) is 29.8 Å². The van der Waals surface area contributed by atoms with Crippen LogP contribution in [0.5, 0.6) is 5.75 Å². The highest BCUT2D eigenvalue weighted by molar-refractivity contribution is 7.92. The molecule has 0 fully saturated rings. The number of sulfonamides is 1. The zero-order chi connectivity index (χ0) is 24.0. The van der Waals surface area contributed by atoms with Crippen LogP contribution in [-0.2, 0) is 16.4 Å². The van der Waals surface area contributed by atoms with Gasteiger partial charge in [0, 0.05) is 23.6 Å². The van der Waals surface area contributed by atoms with Gasteiger partial charge in [-0.2, -0.15) is 0 Å². The van der Waals surface area contributed by atoms with Gasteiger partial charge in [-0.1, -0.05) is 24.3 Å². The first-order valence-electron chi connectivity index (χ1n) is 10.7. The number of para-hydroxylation sites is 1. The van der Waals surface area contributed by atoms with E-state index in [9.17, 15) is 18.0 Å².